The third-order valence-corrected chi connectivity index (χ3v) is 4.52. The van der Waals surface area contributed by atoms with Crippen LogP contribution < -0.4 is 10.1 Å². The zero-order valence-electron chi connectivity index (χ0n) is 12.1. The van der Waals surface area contributed by atoms with E-state index in [1.54, 1.807) is 7.11 Å². The van der Waals surface area contributed by atoms with Gasteiger partial charge in [-0.25, -0.2) is 0 Å². The van der Waals surface area contributed by atoms with Gasteiger partial charge in [-0.2, -0.15) is 0 Å². The van der Waals surface area contributed by atoms with Crippen molar-refractivity contribution >= 4 is 11.6 Å². The van der Waals surface area contributed by atoms with E-state index < -0.39 is 0 Å². The number of halogens is 1. The Bertz CT molecular complexity index is 421. The van der Waals surface area contributed by atoms with Crippen LogP contribution in [0.1, 0.15) is 44.2 Å². The molecule has 1 aromatic rings. The molecule has 19 heavy (non-hydrogen) atoms. The summed E-state index contributed by atoms with van der Waals surface area (Å²) in [5.41, 5.74) is 1.19. The van der Waals surface area contributed by atoms with Gasteiger partial charge >= 0.3 is 0 Å². The normalized spacial score (nSPS) is 25.1. The fourth-order valence-electron chi connectivity index (χ4n) is 3.38. The molecule has 3 unspecified atom stereocenters. The lowest BCUT2D eigenvalue weighted by Crippen LogP contribution is -2.29. The standard InChI is InChI=1S/C16H24ClNO/c1-11-5-4-6-12(9-11)16(18-2)14-10-13(17)7-8-15(14)19-3/h7-8,10-12,16,18H,4-6,9H2,1-3H3. The van der Waals surface area contributed by atoms with E-state index in [0.29, 0.717) is 12.0 Å². The summed E-state index contributed by atoms with van der Waals surface area (Å²) in [6, 6.07) is 6.23. The monoisotopic (exact) mass is 281 g/mol. The van der Waals surface area contributed by atoms with E-state index in [9.17, 15) is 0 Å². The highest BCUT2D eigenvalue weighted by Crippen LogP contribution is 2.40. The van der Waals surface area contributed by atoms with Crippen molar-refractivity contribution in [2.24, 2.45) is 11.8 Å². The Labute approximate surface area is 121 Å². The molecule has 0 heterocycles. The van der Waals surface area contributed by atoms with Crippen LogP contribution in [0.5, 0.6) is 5.75 Å². The first kappa shape index (κ1) is 14.7. The first-order valence-electron chi connectivity index (χ1n) is 7.16. The van der Waals surface area contributed by atoms with Crippen LogP contribution in [-0.2, 0) is 0 Å². The Balaban J connectivity index is 2.27. The lowest BCUT2D eigenvalue weighted by Gasteiger charge is -2.34. The molecule has 3 atom stereocenters. The Morgan fingerprint density at radius 2 is 2.16 bits per heavy atom. The molecular formula is C16H24ClNO. The number of ether oxygens (including phenoxy) is 1. The van der Waals surface area contributed by atoms with Crippen LogP contribution in [0.2, 0.25) is 5.02 Å². The predicted molar refractivity (Wildman–Crippen MR) is 80.9 cm³/mol. The minimum Gasteiger partial charge on any atom is -0.496 e. The van der Waals surface area contributed by atoms with E-state index in [4.69, 9.17) is 16.3 Å². The van der Waals surface area contributed by atoms with Gasteiger partial charge < -0.3 is 10.1 Å². The number of rotatable bonds is 4. The maximum Gasteiger partial charge on any atom is 0.123 e. The van der Waals surface area contributed by atoms with Gasteiger partial charge in [0.05, 0.1) is 7.11 Å². The average molecular weight is 282 g/mol. The molecule has 1 aliphatic carbocycles. The SMILES string of the molecule is CNC(c1cc(Cl)ccc1OC)C1CCCC(C)C1. The molecule has 0 bridgehead atoms. The lowest BCUT2D eigenvalue weighted by molar-refractivity contribution is 0.227. The van der Waals surface area contributed by atoms with E-state index in [1.165, 1.54) is 31.2 Å². The molecule has 1 N–H and O–H groups in total. The average Bonchev–Trinajstić information content (AvgIpc) is 2.40. The molecule has 2 rings (SSSR count). The maximum atomic E-state index is 6.16. The minimum atomic E-state index is 0.330. The van der Waals surface area contributed by atoms with Gasteiger partial charge in [-0.15, -0.1) is 0 Å². The topological polar surface area (TPSA) is 21.3 Å². The quantitative estimate of drug-likeness (QED) is 0.881. The van der Waals surface area contributed by atoms with Gasteiger partial charge in [0, 0.05) is 16.6 Å². The van der Waals surface area contributed by atoms with Crippen molar-refractivity contribution in [1.82, 2.24) is 5.32 Å². The third-order valence-electron chi connectivity index (χ3n) is 4.29. The van der Waals surface area contributed by atoms with Crippen LogP contribution in [0, 0.1) is 11.8 Å². The molecule has 0 aliphatic heterocycles. The molecule has 0 saturated heterocycles. The molecule has 1 aromatic carbocycles. The summed E-state index contributed by atoms with van der Waals surface area (Å²) in [5.74, 6) is 2.42. The van der Waals surface area contributed by atoms with Crippen molar-refractivity contribution in [3.05, 3.63) is 28.8 Å². The van der Waals surface area contributed by atoms with Gasteiger partial charge in [0.25, 0.3) is 0 Å². The molecule has 0 spiro atoms. The van der Waals surface area contributed by atoms with E-state index >= 15 is 0 Å². The number of benzene rings is 1. The van der Waals surface area contributed by atoms with Crippen LogP contribution in [0.3, 0.4) is 0 Å². The molecule has 0 amide bonds. The van der Waals surface area contributed by atoms with Crippen molar-refractivity contribution in [1.29, 1.82) is 0 Å². The van der Waals surface area contributed by atoms with Crippen molar-refractivity contribution in [2.75, 3.05) is 14.2 Å². The fraction of sp³-hybridized carbons (Fsp3) is 0.625. The molecule has 1 fully saturated rings. The van der Waals surface area contributed by atoms with Crippen molar-refractivity contribution in [3.8, 4) is 5.75 Å². The summed E-state index contributed by atoms with van der Waals surface area (Å²) >= 11 is 6.16. The summed E-state index contributed by atoms with van der Waals surface area (Å²) in [7, 11) is 3.76. The lowest BCUT2D eigenvalue weighted by atomic mass is 9.76. The number of hydrogen-bond donors (Lipinski definition) is 1. The van der Waals surface area contributed by atoms with Crippen molar-refractivity contribution in [2.45, 2.75) is 38.6 Å². The molecule has 2 nitrogen and oxygen atoms in total. The zero-order valence-corrected chi connectivity index (χ0v) is 12.8. The Morgan fingerprint density at radius 1 is 1.37 bits per heavy atom. The van der Waals surface area contributed by atoms with E-state index in [1.807, 2.05) is 25.2 Å². The van der Waals surface area contributed by atoms with Crippen molar-refractivity contribution < 1.29 is 4.74 Å². The van der Waals surface area contributed by atoms with Crippen LogP contribution in [0.25, 0.3) is 0 Å². The highest BCUT2D eigenvalue weighted by molar-refractivity contribution is 6.30. The molecule has 3 heteroatoms. The first-order valence-corrected chi connectivity index (χ1v) is 7.54. The summed E-state index contributed by atoms with van der Waals surface area (Å²) in [4.78, 5) is 0. The molecule has 1 aliphatic rings. The van der Waals surface area contributed by atoms with Crippen molar-refractivity contribution in [3.63, 3.8) is 0 Å². The molecule has 0 radical (unpaired) electrons. The smallest absolute Gasteiger partial charge is 0.123 e. The first-order chi connectivity index (χ1) is 9.15. The Morgan fingerprint density at radius 3 is 2.79 bits per heavy atom. The van der Waals surface area contributed by atoms with Crippen LogP contribution in [-0.4, -0.2) is 14.2 Å². The Kier molecular flexibility index (Phi) is 5.12. The van der Waals surface area contributed by atoms with Gasteiger partial charge in [-0.3, -0.25) is 0 Å². The van der Waals surface area contributed by atoms with Gasteiger partial charge in [0.1, 0.15) is 5.75 Å². The predicted octanol–water partition coefficient (Wildman–Crippen LogP) is 4.44. The summed E-state index contributed by atoms with van der Waals surface area (Å²) in [6.45, 7) is 2.36. The Hall–Kier alpha value is -0.730. The molecular weight excluding hydrogens is 258 g/mol. The van der Waals surface area contributed by atoms with Gasteiger partial charge in [-0.1, -0.05) is 31.4 Å². The molecule has 0 aromatic heterocycles. The van der Waals surface area contributed by atoms with Gasteiger partial charge in [-0.05, 0) is 49.9 Å². The highest BCUT2D eigenvalue weighted by atomic mass is 35.5. The second-order valence-electron chi connectivity index (χ2n) is 5.68. The minimum absolute atomic E-state index is 0.330. The molecule has 106 valence electrons. The second-order valence-corrected chi connectivity index (χ2v) is 6.12. The van der Waals surface area contributed by atoms with E-state index in [2.05, 4.69) is 12.2 Å². The zero-order chi connectivity index (χ0) is 13.8. The summed E-state index contributed by atoms with van der Waals surface area (Å²) in [6.07, 6.45) is 5.25. The summed E-state index contributed by atoms with van der Waals surface area (Å²) < 4.78 is 5.50. The molecule has 1 saturated carbocycles. The highest BCUT2D eigenvalue weighted by Gasteiger charge is 2.28. The third kappa shape index (κ3) is 3.43. The van der Waals surface area contributed by atoms with Gasteiger partial charge in [0.15, 0.2) is 0 Å². The van der Waals surface area contributed by atoms with Gasteiger partial charge in [0.2, 0.25) is 0 Å². The van der Waals surface area contributed by atoms with E-state index in [0.717, 1.165) is 16.7 Å². The number of nitrogens with one attached hydrogen (secondary N) is 1. The largest absolute Gasteiger partial charge is 0.496 e. The fourth-order valence-corrected chi connectivity index (χ4v) is 3.56. The van der Waals surface area contributed by atoms with Crippen LogP contribution in [0.4, 0.5) is 0 Å². The van der Waals surface area contributed by atoms with E-state index in [-0.39, 0.29) is 0 Å². The number of hydrogen-bond acceptors (Lipinski definition) is 2. The maximum absolute atomic E-state index is 6.16. The number of methoxy groups -OCH3 is 1. The second kappa shape index (κ2) is 6.62. The van der Waals surface area contributed by atoms with Crippen LogP contribution in [0.15, 0.2) is 18.2 Å². The van der Waals surface area contributed by atoms with Crippen LogP contribution >= 0.6 is 11.6 Å². The summed E-state index contributed by atoms with van der Waals surface area (Å²) in [5, 5.41) is 4.25.